The second-order valence-electron chi connectivity index (χ2n) is 7.25. The summed E-state index contributed by atoms with van der Waals surface area (Å²) in [6.45, 7) is 1.67. The molecule has 1 amide bonds. The van der Waals surface area contributed by atoms with E-state index in [-0.39, 0.29) is 20.6 Å². The van der Waals surface area contributed by atoms with Crippen molar-refractivity contribution in [1.82, 2.24) is 0 Å². The molecule has 3 aromatic rings. The van der Waals surface area contributed by atoms with Gasteiger partial charge >= 0.3 is 0 Å². The van der Waals surface area contributed by atoms with E-state index in [0.717, 1.165) is 23.6 Å². The molecule has 1 N–H and O–H groups in total. The van der Waals surface area contributed by atoms with Gasteiger partial charge in [-0.05, 0) is 54.8 Å². The summed E-state index contributed by atoms with van der Waals surface area (Å²) in [6.07, 6.45) is 3.18. The summed E-state index contributed by atoms with van der Waals surface area (Å²) in [5.41, 5.74) is 1.90. The Kier molecular flexibility index (Phi) is 8.18. The number of aryl methyl sites for hydroxylation is 1. The van der Waals surface area contributed by atoms with Crippen LogP contribution < -0.4 is 9.62 Å². The topological polar surface area (TPSA) is 66.5 Å². The number of nitrogens with one attached hydrogen (secondary N) is 1. The number of amides is 1. The summed E-state index contributed by atoms with van der Waals surface area (Å²) in [5, 5.41) is 3.01. The largest absolute Gasteiger partial charge is 0.325 e. The Bertz CT molecular complexity index is 1170. The number of carbonyl (C=O) groups excluding carboxylic acids is 1. The molecular weight excluding hydrogens is 467 g/mol. The normalized spacial score (nSPS) is 11.2. The number of sulfonamides is 1. The van der Waals surface area contributed by atoms with Crippen molar-refractivity contribution in [3.63, 3.8) is 0 Å². The highest BCUT2D eigenvalue weighted by Gasteiger charge is 2.29. The van der Waals surface area contributed by atoms with Gasteiger partial charge in [-0.3, -0.25) is 9.10 Å². The van der Waals surface area contributed by atoms with Gasteiger partial charge in [0.15, 0.2) is 0 Å². The van der Waals surface area contributed by atoms with Crippen LogP contribution in [0, 0.1) is 0 Å². The van der Waals surface area contributed by atoms with E-state index >= 15 is 0 Å². The predicted octanol–water partition coefficient (Wildman–Crippen LogP) is 6.17. The van der Waals surface area contributed by atoms with Crippen molar-refractivity contribution in [2.45, 2.75) is 31.1 Å². The molecule has 3 rings (SSSR count). The maximum atomic E-state index is 13.4. The van der Waals surface area contributed by atoms with Gasteiger partial charge in [-0.15, -0.1) is 0 Å². The van der Waals surface area contributed by atoms with Crippen LogP contribution in [-0.4, -0.2) is 20.9 Å². The molecule has 0 saturated carbocycles. The molecule has 8 heteroatoms. The first-order valence-corrected chi connectivity index (χ1v) is 12.4. The molecule has 0 aliphatic carbocycles. The zero-order valence-electron chi connectivity index (χ0n) is 17.6. The third-order valence-electron chi connectivity index (χ3n) is 4.88. The maximum absolute atomic E-state index is 13.4. The van der Waals surface area contributed by atoms with E-state index in [1.165, 1.54) is 23.8 Å². The lowest BCUT2D eigenvalue weighted by atomic mass is 10.1. The van der Waals surface area contributed by atoms with Crippen molar-refractivity contribution in [2.75, 3.05) is 16.2 Å². The third kappa shape index (κ3) is 5.82. The molecule has 0 aliphatic heterocycles. The van der Waals surface area contributed by atoms with E-state index < -0.39 is 22.5 Å². The van der Waals surface area contributed by atoms with E-state index in [0.29, 0.717) is 5.69 Å². The average Bonchev–Trinajstić information content (AvgIpc) is 2.79. The van der Waals surface area contributed by atoms with E-state index in [1.807, 2.05) is 24.3 Å². The van der Waals surface area contributed by atoms with Crippen LogP contribution in [-0.2, 0) is 21.2 Å². The van der Waals surface area contributed by atoms with Crippen LogP contribution in [0.3, 0.4) is 0 Å². The van der Waals surface area contributed by atoms with Crippen LogP contribution in [0.15, 0.2) is 77.7 Å². The predicted molar refractivity (Wildman–Crippen MR) is 131 cm³/mol. The molecule has 0 atom stereocenters. The number of halogens is 2. The molecular formula is C24H24Cl2N2O3S. The Morgan fingerprint density at radius 3 is 2.28 bits per heavy atom. The van der Waals surface area contributed by atoms with Gasteiger partial charge in [-0.2, -0.15) is 0 Å². The Morgan fingerprint density at radius 1 is 0.938 bits per heavy atom. The van der Waals surface area contributed by atoms with Crippen LogP contribution in [0.25, 0.3) is 0 Å². The minimum Gasteiger partial charge on any atom is -0.325 e. The number of carbonyl (C=O) groups is 1. The highest BCUT2D eigenvalue weighted by molar-refractivity contribution is 7.92. The van der Waals surface area contributed by atoms with Gasteiger partial charge in [-0.1, -0.05) is 72.9 Å². The molecule has 168 valence electrons. The number of rotatable bonds is 9. The van der Waals surface area contributed by atoms with Crippen molar-refractivity contribution in [3.8, 4) is 0 Å². The average molecular weight is 491 g/mol. The fourth-order valence-corrected chi connectivity index (χ4v) is 5.07. The van der Waals surface area contributed by atoms with Gasteiger partial charge in [0.05, 0.1) is 20.6 Å². The van der Waals surface area contributed by atoms with Crippen LogP contribution in [0.5, 0.6) is 0 Å². The summed E-state index contributed by atoms with van der Waals surface area (Å²) >= 11 is 12.4. The Balaban J connectivity index is 1.87. The van der Waals surface area contributed by atoms with Crippen molar-refractivity contribution in [2.24, 2.45) is 0 Å². The highest BCUT2D eigenvalue weighted by Crippen LogP contribution is 2.35. The first kappa shape index (κ1) is 24.1. The van der Waals surface area contributed by atoms with Crippen molar-refractivity contribution in [3.05, 3.63) is 88.4 Å². The molecule has 0 aromatic heterocycles. The number of hydrogen-bond acceptors (Lipinski definition) is 3. The van der Waals surface area contributed by atoms with E-state index in [4.69, 9.17) is 23.2 Å². The van der Waals surface area contributed by atoms with Gasteiger partial charge in [0.2, 0.25) is 5.91 Å². The number of anilines is 2. The first-order chi connectivity index (χ1) is 15.3. The van der Waals surface area contributed by atoms with Gasteiger partial charge < -0.3 is 5.32 Å². The lowest BCUT2D eigenvalue weighted by Gasteiger charge is -2.25. The zero-order valence-corrected chi connectivity index (χ0v) is 19.9. The highest BCUT2D eigenvalue weighted by atomic mass is 35.5. The fourth-order valence-electron chi connectivity index (χ4n) is 3.17. The van der Waals surface area contributed by atoms with E-state index in [1.54, 1.807) is 30.3 Å². The fraction of sp³-hybridized carbons (Fsp3) is 0.208. The molecule has 0 saturated heterocycles. The lowest BCUT2D eigenvalue weighted by molar-refractivity contribution is -0.114. The quantitative estimate of drug-likeness (QED) is 0.389. The molecule has 0 fully saturated rings. The minimum atomic E-state index is -4.07. The van der Waals surface area contributed by atoms with Crippen LogP contribution in [0.1, 0.15) is 25.3 Å². The van der Waals surface area contributed by atoms with Gasteiger partial charge in [0.25, 0.3) is 10.0 Å². The van der Waals surface area contributed by atoms with Crippen molar-refractivity contribution in [1.29, 1.82) is 0 Å². The summed E-state index contributed by atoms with van der Waals surface area (Å²) in [6, 6.07) is 20.1. The van der Waals surface area contributed by atoms with Crippen LogP contribution >= 0.6 is 23.2 Å². The molecule has 0 bridgehead atoms. The van der Waals surface area contributed by atoms with E-state index in [9.17, 15) is 13.2 Å². The monoisotopic (exact) mass is 490 g/mol. The second-order valence-corrected chi connectivity index (χ2v) is 9.89. The maximum Gasteiger partial charge on any atom is 0.264 e. The van der Waals surface area contributed by atoms with Crippen molar-refractivity contribution >= 4 is 50.5 Å². The van der Waals surface area contributed by atoms with Gasteiger partial charge in [0.1, 0.15) is 6.54 Å². The SMILES string of the molecule is CCCCc1ccc(NC(=O)CN(c2cccc(Cl)c2Cl)S(=O)(=O)c2ccccc2)cc1. The standard InChI is InChI=1S/C24H24Cl2N2O3S/c1-2-3-8-18-13-15-19(16-14-18)27-23(29)17-28(22-12-7-11-21(25)24(22)26)32(30,31)20-9-5-4-6-10-20/h4-7,9-16H,2-3,8,17H2,1H3,(H,27,29). The third-order valence-corrected chi connectivity index (χ3v) is 7.46. The Hall–Kier alpha value is -2.54. The molecule has 32 heavy (non-hydrogen) atoms. The van der Waals surface area contributed by atoms with Crippen molar-refractivity contribution < 1.29 is 13.2 Å². The molecule has 0 unspecified atom stereocenters. The van der Waals surface area contributed by atoms with Crippen LogP contribution in [0.2, 0.25) is 10.0 Å². The summed E-state index contributed by atoms with van der Waals surface area (Å²) in [7, 11) is -4.07. The summed E-state index contributed by atoms with van der Waals surface area (Å²) in [5.74, 6) is -0.498. The van der Waals surface area contributed by atoms with Gasteiger partial charge in [0, 0.05) is 5.69 Å². The first-order valence-electron chi connectivity index (χ1n) is 10.2. The minimum absolute atomic E-state index is 0.0455. The Labute approximate surface area is 199 Å². The summed E-state index contributed by atoms with van der Waals surface area (Å²) in [4.78, 5) is 12.9. The Morgan fingerprint density at radius 2 is 1.62 bits per heavy atom. The molecule has 0 spiro atoms. The molecule has 5 nitrogen and oxygen atoms in total. The molecule has 0 heterocycles. The van der Waals surface area contributed by atoms with Crippen LogP contribution in [0.4, 0.5) is 11.4 Å². The van der Waals surface area contributed by atoms with Gasteiger partial charge in [-0.25, -0.2) is 8.42 Å². The molecule has 0 radical (unpaired) electrons. The zero-order chi connectivity index (χ0) is 23.1. The number of hydrogen-bond donors (Lipinski definition) is 1. The van der Waals surface area contributed by atoms with E-state index in [2.05, 4.69) is 12.2 Å². The molecule has 3 aromatic carbocycles. The number of benzene rings is 3. The number of unbranched alkanes of at least 4 members (excludes halogenated alkanes) is 1. The lowest BCUT2D eigenvalue weighted by Crippen LogP contribution is -2.38. The number of nitrogens with zero attached hydrogens (tertiary/aromatic N) is 1. The summed E-state index contributed by atoms with van der Waals surface area (Å²) < 4.78 is 27.7. The second kappa shape index (κ2) is 10.9. The smallest absolute Gasteiger partial charge is 0.264 e. The molecule has 0 aliphatic rings.